The summed E-state index contributed by atoms with van der Waals surface area (Å²) in [4.78, 5) is 21.1. The number of carbonyl (C=O) groups excluding carboxylic acids is 1. The molecule has 0 aromatic carbocycles. The summed E-state index contributed by atoms with van der Waals surface area (Å²) in [6.07, 6.45) is 10.7. The van der Waals surface area contributed by atoms with E-state index in [-0.39, 0.29) is 11.5 Å². The summed E-state index contributed by atoms with van der Waals surface area (Å²) in [5.74, 6) is 0. The number of aromatic nitrogens is 1. The van der Waals surface area contributed by atoms with Gasteiger partial charge in [0.15, 0.2) is 0 Å². The lowest BCUT2D eigenvalue weighted by molar-refractivity contribution is 0.0156. The number of nitrogens with zero attached hydrogens (tertiary/aromatic N) is 3. The molecule has 1 amide bonds. The van der Waals surface area contributed by atoms with Crippen molar-refractivity contribution in [2.45, 2.75) is 70.3 Å². The average molecular weight is 374 g/mol. The van der Waals surface area contributed by atoms with Crippen LogP contribution in [0.1, 0.15) is 64.9 Å². The third-order valence-corrected chi connectivity index (χ3v) is 5.99. The molecule has 0 spiro atoms. The van der Waals surface area contributed by atoms with Crippen LogP contribution in [0.15, 0.2) is 24.5 Å². The van der Waals surface area contributed by atoms with Gasteiger partial charge in [0.2, 0.25) is 0 Å². The standard InChI is InChI=1S/C22H35N3O2/c1-21(2,3)27-20(26)25-17-10-22(11-18-25,19-7-12-23-13-8-19)9-6-16-24-14-4-5-15-24/h7-8,12-13H,4-6,9-11,14-18H2,1-3H3. The van der Waals surface area contributed by atoms with Crippen molar-refractivity contribution in [1.82, 2.24) is 14.8 Å². The van der Waals surface area contributed by atoms with Crippen molar-refractivity contribution < 1.29 is 9.53 Å². The van der Waals surface area contributed by atoms with Crippen LogP contribution in [0.2, 0.25) is 0 Å². The molecule has 2 saturated heterocycles. The van der Waals surface area contributed by atoms with E-state index in [2.05, 4.69) is 22.0 Å². The van der Waals surface area contributed by atoms with E-state index < -0.39 is 5.60 Å². The topological polar surface area (TPSA) is 45.7 Å². The Bertz CT molecular complexity index is 598. The van der Waals surface area contributed by atoms with E-state index in [9.17, 15) is 4.79 Å². The van der Waals surface area contributed by atoms with Gasteiger partial charge in [-0.1, -0.05) is 0 Å². The van der Waals surface area contributed by atoms with Crippen LogP contribution in [0.4, 0.5) is 4.79 Å². The maximum absolute atomic E-state index is 12.4. The minimum atomic E-state index is -0.438. The molecule has 5 nitrogen and oxygen atoms in total. The van der Waals surface area contributed by atoms with Gasteiger partial charge >= 0.3 is 6.09 Å². The van der Waals surface area contributed by atoms with Gasteiger partial charge in [0, 0.05) is 25.5 Å². The molecule has 2 fully saturated rings. The van der Waals surface area contributed by atoms with Crippen LogP contribution in [0.3, 0.4) is 0 Å². The maximum atomic E-state index is 12.4. The normalized spacial score (nSPS) is 20.6. The number of rotatable bonds is 5. The Morgan fingerprint density at radius 1 is 1.11 bits per heavy atom. The SMILES string of the molecule is CC(C)(C)OC(=O)N1CCC(CCCN2CCCC2)(c2ccncc2)CC1. The zero-order chi connectivity index (χ0) is 19.3. The zero-order valence-electron chi connectivity index (χ0n) is 17.2. The highest BCUT2D eigenvalue weighted by Gasteiger charge is 2.38. The van der Waals surface area contributed by atoms with E-state index in [0.29, 0.717) is 0 Å². The lowest BCUT2D eigenvalue weighted by Gasteiger charge is -2.43. The van der Waals surface area contributed by atoms with E-state index in [1.807, 2.05) is 38.1 Å². The molecule has 3 rings (SSSR count). The fourth-order valence-corrected chi connectivity index (χ4v) is 4.48. The molecule has 0 unspecified atom stereocenters. The van der Waals surface area contributed by atoms with Crippen LogP contribution in [-0.4, -0.2) is 59.2 Å². The molecule has 0 radical (unpaired) electrons. The number of piperidine rings is 1. The van der Waals surface area contributed by atoms with Crippen molar-refractivity contribution >= 4 is 6.09 Å². The number of likely N-dealkylation sites (tertiary alicyclic amines) is 2. The quantitative estimate of drug-likeness (QED) is 0.775. The molecule has 0 aliphatic carbocycles. The van der Waals surface area contributed by atoms with E-state index >= 15 is 0 Å². The fraction of sp³-hybridized carbons (Fsp3) is 0.727. The van der Waals surface area contributed by atoms with Gasteiger partial charge in [0.25, 0.3) is 0 Å². The molecule has 0 saturated carbocycles. The summed E-state index contributed by atoms with van der Waals surface area (Å²) in [7, 11) is 0. The number of pyridine rings is 1. The lowest BCUT2D eigenvalue weighted by atomic mass is 9.70. The Hall–Kier alpha value is -1.62. The van der Waals surface area contributed by atoms with Crippen LogP contribution >= 0.6 is 0 Å². The van der Waals surface area contributed by atoms with Gasteiger partial charge in [-0.2, -0.15) is 0 Å². The zero-order valence-corrected chi connectivity index (χ0v) is 17.2. The second-order valence-corrected chi connectivity index (χ2v) is 9.14. The van der Waals surface area contributed by atoms with Crippen molar-refractivity contribution in [3.05, 3.63) is 30.1 Å². The first-order valence-electron chi connectivity index (χ1n) is 10.5. The van der Waals surface area contributed by atoms with Crippen LogP contribution in [0, 0.1) is 0 Å². The van der Waals surface area contributed by atoms with Crippen molar-refractivity contribution in [3.8, 4) is 0 Å². The number of hydrogen-bond donors (Lipinski definition) is 0. The van der Waals surface area contributed by atoms with Gasteiger partial charge in [-0.3, -0.25) is 4.98 Å². The Kier molecular flexibility index (Phi) is 6.40. The van der Waals surface area contributed by atoms with E-state index in [0.717, 1.165) is 25.9 Å². The number of amides is 1. The minimum absolute atomic E-state index is 0.154. The molecule has 2 aliphatic rings. The fourth-order valence-electron chi connectivity index (χ4n) is 4.48. The summed E-state index contributed by atoms with van der Waals surface area (Å²) in [6, 6.07) is 4.33. The monoisotopic (exact) mass is 373 g/mol. The summed E-state index contributed by atoms with van der Waals surface area (Å²) in [5, 5.41) is 0. The number of carbonyl (C=O) groups is 1. The largest absolute Gasteiger partial charge is 0.444 e. The molecule has 5 heteroatoms. The predicted molar refractivity (Wildman–Crippen MR) is 108 cm³/mol. The molecular weight excluding hydrogens is 338 g/mol. The van der Waals surface area contributed by atoms with E-state index in [4.69, 9.17) is 4.74 Å². The first-order chi connectivity index (χ1) is 12.9. The van der Waals surface area contributed by atoms with E-state index in [1.165, 1.54) is 50.9 Å². The average Bonchev–Trinajstić information content (AvgIpc) is 3.15. The molecule has 1 aromatic rings. The maximum Gasteiger partial charge on any atom is 0.410 e. The molecule has 27 heavy (non-hydrogen) atoms. The third-order valence-electron chi connectivity index (χ3n) is 5.99. The second kappa shape index (κ2) is 8.59. The van der Waals surface area contributed by atoms with Gasteiger partial charge < -0.3 is 14.5 Å². The summed E-state index contributed by atoms with van der Waals surface area (Å²) >= 11 is 0. The van der Waals surface area contributed by atoms with Crippen molar-refractivity contribution in [2.75, 3.05) is 32.7 Å². The van der Waals surface area contributed by atoms with Crippen molar-refractivity contribution in [3.63, 3.8) is 0 Å². The highest BCUT2D eigenvalue weighted by molar-refractivity contribution is 5.68. The summed E-state index contributed by atoms with van der Waals surface area (Å²) < 4.78 is 5.57. The molecule has 0 atom stereocenters. The van der Waals surface area contributed by atoms with Gasteiger partial charge in [-0.25, -0.2) is 4.79 Å². The smallest absolute Gasteiger partial charge is 0.410 e. The highest BCUT2D eigenvalue weighted by atomic mass is 16.6. The van der Waals surface area contributed by atoms with Gasteiger partial charge in [-0.15, -0.1) is 0 Å². The van der Waals surface area contributed by atoms with E-state index in [1.54, 1.807) is 0 Å². The predicted octanol–water partition coefficient (Wildman–Crippen LogP) is 4.23. The first-order valence-corrected chi connectivity index (χ1v) is 10.5. The van der Waals surface area contributed by atoms with Crippen LogP contribution < -0.4 is 0 Å². The Morgan fingerprint density at radius 3 is 2.33 bits per heavy atom. The summed E-state index contributed by atoms with van der Waals surface area (Å²) in [6.45, 7) is 11.0. The first kappa shape index (κ1) is 20.1. The molecule has 0 N–H and O–H groups in total. The molecule has 1 aromatic heterocycles. The molecule has 0 bridgehead atoms. The number of hydrogen-bond acceptors (Lipinski definition) is 4. The van der Waals surface area contributed by atoms with Crippen molar-refractivity contribution in [1.29, 1.82) is 0 Å². The molecule has 150 valence electrons. The second-order valence-electron chi connectivity index (χ2n) is 9.14. The van der Waals surface area contributed by atoms with Gasteiger partial charge in [0.1, 0.15) is 5.60 Å². The van der Waals surface area contributed by atoms with Crippen molar-refractivity contribution in [2.24, 2.45) is 0 Å². The van der Waals surface area contributed by atoms with Crippen LogP contribution in [-0.2, 0) is 10.2 Å². The molecular formula is C22H35N3O2. The van der Waals surface area contributed by atoms with Crippen LogP contribution in [0.25, 0.3) is 0 Å². The minimum Gasteiger partial charge on any atom is -0.444 e. The molecule has 3 heterocycles. The number of ether oxygens (including phenoxy) is 1. The Labute approximate surface area is 164 Å². The lowest BCUT2D eigenvalue weighted by Crippen LogP contribution is -2.47. The highest BCUT2D eigenvalue weighted by Crippen LogP contribution is 2.40. The van der Waals surface area contributed by atoms with Gasteiger partial charge in [0.05, 0.1) is 0 Å². The Morgan fingerprint density at radius 2 is 1.74 bits per heavy atom. The molecule has 2 aliphatic heterocycles. The Balaban J connectivity index is 1.63. The summed E-state index contributed by atoms with van der Waals surface area (Å²) in [5.41, 5.74) is 1.09. The van der Waals surface area contributed by atoms with Gasteiger partial charge in [-0.05, 0) is 102 Å². The third kappa shape index (κ3) is 5.44. The van der Waals surface area contributed by atoms with Crippen LogP contribution in [0.5, 0.6) is 0 Å².